The lowest BCUT2D eigenvalue weighted by Crippen LogP contribution is -2.16. The number of benzene rings is 1. The molecule has 1 aromatic carbocycles. The molecule has 0 aliphatic carbocycles. The summed E-state index contributed by atoms with van der Waals surface area (Å²) in [4.78, 5) is 35.0. The van der Waals surface area contributed by atoms with E-state index in [1.165, 1.54) is 0 Å². The molecule has 1 aliphatic heterocycles. The van der Waals surface area contributed by atoms with Crippen molar-refractivity contribution in [2.75, 3.05) is 25.1 Å². The molecule has 0 aromatic heterocycles. The highest BCUT2D eigenvalue weighted by atomic mass is 16.5. The lowest BCUT2D eigenvalue weighted by atomic mass is 10.1. The van der Waals surface area contributed by atoms with Crippen LogP contribution < -0.4 is 5.32 Å². The van der Waals surface area contributed by atoms with Gasteiger partial charge in [-0.2, -0.15) is 0 Å². The van der Waals surface area contributed by atoms with E-state index >= 15 is 0 Å². The number of hydrogen-bond acceptors (Lipinski definition) is 7. The van der Waals surface area contributed by atoms with E-state index in [1.54, 1.807) is 38.1 Å². The summed E-state index contributed by atoms with van der Waals surface area (Å²) in [7, 11) is 0. The van der Waals surface area contributed by atoms with Crippen LogP contribution in [-0.2, 0) is 35.0 Å². The van der Waals surface area contributed by atoms with Crippen molar-refractivity contribution in [3.8, 4) is 0 Å². The van der Waals surface area contributed by atoms with Crippen LogP contribution in [0.25, 0.3) is 0 Å². The SMILES string of the molecule is CCOC(=O)Cc1ccc(NC2=C(C(=O)OCC)C(=O)CO2)cc1. The predicted molar refractivity (Wildman–Crippen MR) is 85.0 cm³/mol. The van der Waals surface area contributed by atoms with Gasteiger partial charge >= 0.3 is 11.9 Å². The Morgan fingerprint density at radius 2 is 1.79 bits per heavy atom. The first kappa shape index (κ1) is 17.5. The summed E-state index contributed by atoms with van der Waals surface area (Å²) >= 11 is 0. The third-order valence-electron chi connectivity index (χ3n) is 3.20. The van der Waals surface area contributed by atoms with Crippen LogP contribution in [0.15, 0.2) is 35.7 Å². The number of anilines is 1. The summed E-state index contributed by atoms with van der Waals surface area (Å²) in [6, 6.07) is 6.94. The van der Waals surface area contributed by atoms with E-state index in [-0.39, 0.29) is 37.1 Å². The molecular formula is C17H19NO6. The minimum Gasteiger partial charge on any atom is -0.470 e. The Bertz CT molecular complexity index is 662. The molecule has 0 bridgehead atoms. The van der Waals surface area contributed by atoms with Gasteiger partial charge in [-0.3, -0.25) is 9.59 Å². The first-order valence-corrected chi connectivity index (χ1v) is 7.64. The predicted octanol–water partition coefficient (Wildman–Crippen LogP) is 1.58. The number of nitrogens with one attached hydrogen (secondary N) is 1. The van der Waals surface area contributed by atoms with Crippen molar-refractivity contribution >= 4 is 23.4 Å². The van der Waals surface area contributed by atoms with Crippen LogP contribution in [0.1, 0.15) is 19.4 Å². The summed E-state index contributed by atoms with van der Waals surface area (Å²) in [5.41, 5.74) is 1.29. The number of rotatable bonds is 7. The standard InChI is InChI=1S/C17H19NO6/c1-3-22-14(20)9-11-5-7-12(8-6-11)18-16-15(13(19)10-24-16)17(21)23-4-2/h5-8,18H,3-4,9-10H2,1-2H3. The fraction of sp³-hybridized carbons (Fsp3) is 0.353. The third kappa shape index (κ3) is 4.34. The van der Waals surface area contributed by atoms with Crippen LogP contribution in [-0.4, -0.2) is 37.5 Å². The van der Waals surface area contributed by atoms with Crippen LogP contribution in [0.4, 0.5) is 5.69 Å². The normalized spacial score (nSPS) is 13.5. The zero-order chi connectivity index (χ0) is 17.5. The number of ketones is 1. The van der Waals surface area contributed by atoms with E-state index in [4.69, 9.17) is 14.2 Å². The first-order valence-electron chi connectivity index (χ1n) is 7.64. The highest BCUT2D eigenvalue weighted by Crippen LogP contribution is 2.21. The second-order valence-corrected chi connectivity index (χ2v) is 4.94. The number of carbonyl (C=O) groups excluding carboxylic acids is 3. The number of Topliss-reactive ketones (excluding diaryl/α,β-unsaturated/α-hetero) is 1. The summed E-state index contributed by atoms with van der Waals surface area (Å²) in [6.45, 7) is 3.73. The second kappa shape index (κ2) is 8.14. The van der Waals surface area contributed by atoms with Gasteiger partial charge in [0.25, 0.3) is 0 Å². The number of ether oxygens (including phenoxy) is 3. The highest BCUT2D eigenvalue weighted by Gasteiger charge is 2.32. The Kier molecular flexibility index (Phi) is 5.95. The molecule has 0 radical (unpaired) electrons. The Hall–Kier alpha value is -2.83. The van der Waals surface area contributed by atoms with E-state index < -0.39 is 11.8 Å². The zero-order valence-electron chi connectivity index (χ0n) is 13.6. The van der Waals surface area contributed by atoms with Crippen molar-refractivity contribution in [3.63, 3.8) is 0 Å². The molecule has 2 rings (SSSR count). The van der Waals surface area contributed by atoms with Gasteiger partial charge in [-0.25, -0.2) is 4.79 Å². The van der Waals surface area contributed by atoms with Gasteiger partial charge in [-0.05, 0) is 31.5 Å². The lowest BCUT2D eigenvalue weighted by Gasteiger charge is -2.09. The maximum atomic E-state index is 11.8. The Labute approximate surface area is 139 Å². The molecule has 1 aliphatic rings. The van der Waals surface area contributed by atoms with Gasteiger partial charge in [0.1, 0.15) is 0 Å². The van der Waals surface area contributed by atoms with Crippen LogP contribution in [0.3, 0.4) is 0 Å². The van der Waals surface area contributed by atoms with Crippen LogP contribution in [0, 0.1) is 0 Å². The summed E-state index contributed by atoms with van der Waals surface area (Å²) in [5.74, 6) is -1.34. The van der Waals surface area contributed by atoms with Gasteiger partial charge in [0.05, 0.1) is 19.6 Å². The van der Waals surface area contributed by atoms with Crippen molar-refractivity contribution in [3.05, 3.63) is 41.3 Å². The molecule has 24 heavy (non-hydrogen) atoms. The average molecular weight is 333 g/mol. The molecule has 1 aromatic rings. The fourth-order valence-corrected chi connectivity index (χ4v) is 2.13. The third-order valence-corrected chi connectivity index (χ3v) is 3.20. The quantitative estimate of drug-likeness (QED) is 0.598. The zero-order valence-corrected chi connectivity index (χ0v) is 13.6. The molecule has 1 N–H and O–H groups in total. The fourth-order valence-electron chi connectivity index (χ4n) is 2.13. The lowest BCUT2D eigenvalue weighted by molar-refractivity contribution is -0.142. The van der Waals surface area contributed by atoms with Gasteiger partial charge < -0.3 is 19.5 Å². The number of esters is 2. The van der Waals surface area contributed by atoms with E-state index in [0.29, 0.717) is 12.3 Å². The maximum absolute atomic E-state index is 11.8. The highest BCUT2D eigenvalue weighted by molar-refractivity contribution is 6.19. The van der Waals surface area contributed by atoms with E-state index in [1.807, 2.05) is 0 Å². The van der Waals surface area contributed by atoms with E-state index in [0.717, 1.165) is 5.56 Å². The molecule has 0 amide bonds. The molecule has 0 saturated carbocycles. The largest absolute Gasteiger partial charge is 0.470 e. The van der Waals surface area contributed by atoms with Crippen LogP contribution in [0.5, 0.6) is 0 Å². The van der Waals surface area contributed by atoms with Crippen molar-refractivity contribution in [1.82, 2.24) is 0 Å². The van der Waals surface area contributed by atoms with Gasteiger partial charge in [0.2, 0.25) is 11.7 Å². The average Bonchev–Trinajstić information content (AvgIpc) is 2.90. The first-order chi connectivity index (χ1) is 11.5. The minimum absolute atomic E-state index is 0.0802. The smallest absolute Gasteiger partial charge is 0.347 e. The Morgan fingerprint density at radius 3 is 2.42 bits per heavy atom. The van der Waals surface area contributed by atoms with E-state index in [9.17, 15) is 14.4 Å². The number of hydrogen-bond donors (Lipinski definition) is 1. The molecule has 0 atom stereocenters. The Balaban J connectivity index is 2.08. The maximum Gasteiger partial charge on any atom is 0.347 e. The topological polar surface area (TPSA) is 90.9 Å². The summed E-state index contributed by atoms with van der Waals surface area (Å²) < 4.78 is 15.0. The van der Waals surface area contributed by atoms with Crippen LogP contribution >= 0.6 is 0 Å². The van der Waals surface area contributed by atoms with Crippen molar-refractivity contribution in [1.29, 1.82) is 0 Å². The summed E-state index contributed by atoms with van der Waals surface area (Å²) in [5, 5.41) is 2.89. The minimum atomic E-state index is -0.707. The molecule has 0 unspecified atom stereocenters. The number of carbonyl (C=O) groups is 3. The molecular weight excluding hydrogens is 314 g/mol. The van der Waals surface area contributed by atoms with Crippen molar-refractivity contribution < 1.29 is 28.6 Å². The second-order valence-electron chi connectivity index (χ2n) is 4.94. The molecule has 0 fully saturated rings. The van der Waals surface area contributed by atoms with Gasteiger partial charge in [0.15, 0.2) is 12.2 Å². The molecule has 0 spiro atoms. The summed E-state index contributed by atoms with van der Waals surface area (Å²) in [6.07, 6.45) is 0.180. The monoisotopic (exact) mass is 333 g/mol. The molecule has 7 heteroatoms. The van der Waals surface area contributed by atoms with Crippen LogP contribution in [0.2, 0.25) is 0 Å². The molecule has 0 saturated heterocycles. The molecule has 1 heterocycles. The van der Waals surface area contributed by atoms with Crippen molar-refractivity contribution in [2.45, 2.75) is 20.3 Å². The van der Waals surface area contributed by atoms with Gasteiger partial charge in [0, 0.05) is 5.69 Å². The molecule has 128 valence electrons. The van der Waals surface area contributed by atoms with Gasteiger partial charge in [-0.1, -0.05) is 12.1 Å². The van der Waals surface area contributed by atoms with Gasteiger partial charge in [-0.15, -0.1) is 0 Å². The Morgan fingerprint density at radius 1 is 1.12 bits per heavy atom. The van der Waals surface area contributed by atoms with E-state index in [2.05, 4.69) is 5.32 Å². The van der Waals surface area contributed by atoms with Crippen molar-refractivity contribution in [2.24, 2.45) is 0 Å². The molecule has 7 nitrogen and oxygen atoms in total.